The second-order valence-corrected chi connectivity index (χ2v) is 6.40. The maximum absolute atomic E-state index is 5.46. The molecule has 100 valence electrons. The van der Waals surface area contributed by atoms with E-state index in [2.05, 4.69) is 29.2 Å². The van der Waals surface area contributed by atoms with Crippen molar-refractivity contribution in [1.29, 1.82) is 0 Å². The average Bonchev–Trinajstić information content (AvgIpc) is 2.89. The molecule has 0 amide bonds. The highest BCUT2D eigenvalue weighted by Crippen LogP contribution is 2.31. The van der Waals surface area contributed by atoms with Crippen molar-refractivity contribution >= 4 is 17.6 Å². The molecule has 2 rings (SSSR count). The Labute approximate surface area is 113 Å². The Bertz CT molecular complexity index is 389. The summed E-state index contributed by atoms with van der Waals surface area (Å²) in [6.07, 6.45) is 5.44. The van der Waals surface area contributed by atoms with Gasteiger partial charge in [-0.25, -0.2) is 15.8 Å². The average molecular weight is 266 g/mol. The second kappa shape index (κ2) is 6.38. The summed E-state index contributed by atoms with van der Waals surface area (Å²) < 4.78 is 0. The number of hydrogen-bond acceptors (Lipinski definition) is 5. The number of nitrogens with two attached hydrogens (primary N) is 1. The van der Waals surface area contributed by atoms with Crippen LogP contribution in [0.4, 0.5) is 5.82 Å². The van der Waals surface area contributed by atoms with E-state index in [1.807, 2.05) is 17.8 Å². The Balaban J connectivity index is 2.03. The highest BCUT2D eigenvalue weighted by Gasteiger charge is 2.16. The van der Waals surface area contributed by atoms with Gasteiger partial charge in [0.2, 0.25) is 0 Å². The van der Waals surface area contributed by atoms with Crippen molar-refractivity contribution in [2.75, 3.05) is 5.43 Å². The predicted octanol–water partition coefficient (Wildman–Crippen LogP) is 3.06. The fourth-order valence-electron chi connectivity index (χ4n) is 2.20. The van der Waals surface area contributed by atoms with Crippen LogP contribution in [-0.4, -0.2) is 15.2 Å². The van der Waals surface area contributed by atoms with Gasteiger partial charge in [-0.1, -0.05) is 26.7 Å². The van der Waals surface area contributed by atoms with E-state index in [1.165, 1.54) is 25.7 Å². The summed E-state index contributed by atoms with van der Waals surface area (Å²) in [6, 6.07) is 1.93. The number of nitrogen functional groups attached to an aromatic ring is 1. The molecule has 1 aromatic heterocycles. The van der Waals surface area contributed by atoms with Crippen molar-refractivity contribution in [3.05, 3.63) is 17.6 Å². The Hall–Kier alpha value is -0.810. The lowest BCUT2D eigenvalue weighted by Crippen LogP contribution is -2.12. The molecule has 0 aromatic carbocycles. The van der Waals surface area contributed by atoms with Gasteiger partial charge >= 0.3 is 0 Å². The Morgan fingerprint density at radius 1 is 1.39 bits per heavy atom. The number of nitrogens with zero attached hydrogens (tertiary/aromatic N) is 2. The Morgan fingerprint density at radius 2 is 2.11 bits per heavy atom. The SMILES string of the molecule is CC(C)c1cc(NN)nc(CSC2CCCC2)n1. The zero-order chi connectivity index (χ0) is 13.0. The Kier molecular flexibility index (Phi) is 4.83. The topological polar surface area (TPSA) is 63.8 Å². The number of hydrazine groups is 1. The number of thioether (sulfide) groups is 1. The monoisotopic (exact) mass is 266 g/mol. The normalized spacial score (nSPS) is 16.4. The van der Waals surface area contributed by atoms with Crippen molar-refractivity contribution in [3.8, 4) is 0 Å². The molecule has 5 heteroatoms. The molecule has 1 aromatic rings. The van der Waals surface area contributed by atoms with Crippen molar-refractivity contribution < 1.29 is 0 Å². The molecule has 0 unspecified atom stereocenters. The lowest BCUT2D eigenvalue weighted by atomic mass is 10.1. The predicted molar refractivity (Wildman–Crippen MR) is 77.5 cm³/mol. The van der Waals surface area contributed by atoms with Crippen molar-refractivity contribution in [2.24, 2.45) is 5.84 Å². The van der Waals surface area contributed by atoms with Gasteiger partial charge in [-0.2, -0.15) is 11.8 Å². The molecule has 1 saturated carbocycles. The molecule has 3 N–H and O–H groups in total. The van der Waals surface area contributed by atoms with Gasteiger partial charge in [-0.05, 0) is 18.8 Å². The van der Waals surface area contributed by atoms with Gasteiger partial charge in [-0.3, -0.25) is 0 Å². The van der Waals surface area contributed by atoms with E-state index in [4.69, 9.17) is 5.84 Å². The first-order chi connectivity index (χ1) is 8.69. The number of anilines is 1. The van der Waals surface area contributed by atoms with E-state index in [-0.39, 0.29) is 0 Å². The van der Waals surface area contributed by atoms with Crippen LogP contribution in [0.2, 0.25) is 0 Å². The fourth-order valence-corrected chi connectivity index (χ4v) is 3.38. The summed E-state index contributed by atoms with van der Waals surface area (Å²) >= 11 is 1.98. The molecule has 0 bridgehead atoms. The minimum absolute atomic E-state index is 0.398. The zero-order valence-corrected chi connectivity index (χ0v) is 12.0. The van der Waals surface area contributed by atoms with Crippen LogP contribution in [-0.2, 0) is 5.75 Å². The molecule has 1 heterocycles. The highest BCUT2D eigenvalue weighted by atomic mass is 32.2. The summed E-state index contributed by atoms with van der Waals surface area (Å²) in [5.74, 6) is 8.36. The third-order valence-corrected chi connectivity index (χ3v) is 4.65. The van der Waals surface area contributed by atoms with Crippen LogP contribution in [0, 0.1) is 0 Å². The van der Waals surface area contributed by atoms with Crippen LogP contribution in [0.1, 0.15) is 57.0 Å². The third kappa shape index (κ3) is 3.59. The van der Waals surface area contributed by atoms with Gasteiger partial charge in [0.1, 0.15) is 11.6 Å². The van der Waals surface area contributed by atoms with E-state index < -0.39 is 0 Å². The van der Waals surface area contributed by atoms with Crippen molar-refractivity contribution in [1.82, 2.24) is 9.97 Å². The molecule has 0 spiro atoms. The summed E-state index contributed by atoms with van der Waals surface area (Å²) in [5, 5.41) is 0.797. The van der Waals surface area contributed by atoms with Crippen LogP contribution in [0.3, 0.4) is 0 Å². The minimum atomic E-state index is 0.398. The van der Waals surface area contributed by atoms with Crippen molar-refractivity contribution in [2.45, 2.75) is 56.5 Å². The van der Waals surface area contributed by atoms with Crippen LogP contribution in [0.5, 0.6) is 0 Å². The van der Waals surface area contributed by atoms with Crippen LogP contribution >= 0.6 is 11.8 Å². The molecule has 1 aliphatic carbocycles. The van der Waals surface area contributed by atoms with E-state index >= 15 is 0 Å². The summed E-state index contributed by atoms with van der Waals surface area (Å²) in [7, 11) is 0. The van der Waals surface area contributed by atoms with E-state index in [9.17, 15) is 0 Å². The molecule has 0 saturated heterocycles. The summed E-state index contributed by atoms with van der Waals surface area (Å²) in [6.45, 7) is 4.27. The molecule has 0 radical (unpaired) electrons. The van der Waals surface area contributed by atoms with E-state index in [1.54, 1.807) is 0 Å². The minimum Gasteiger partial charge on any atom is -0.308 e. The first kappa shape index (κ1) is 13.6. The molecule has 18 heavy (non-hydrogen) atoms. The van der Waals surface area contributed by atoms with Gasteiger partial charge in [0.05, 0.1) is 5.75 Å². The van der Waals surface area contributed by atoms with Gasteiger partial charge in [0.25, 0.3) is 0 Å². The smallest absolute Gasteiger partial charge is 0.143 e. The molecule has 0 aliphatic heterocycles. The van der Waals surface area contributed by atoms with E-state index in [0.29, 0.717) is 5.92 Å². The molecule has 1 aliphatic rings. The molecular formula is C13H22N4S. The quantitative estimate of drug-likeness (QED) is 0.633. The maximum atomic E-state index is 5.46. The van der Waals surface area contributed by atoms with Gasteiger partial charge < -0.3 is 5.43 Å². The van der Waals surface area contributed by atoms with Gasteiger partial charge in [0.15, 0.2) is 0 Å². The number of hydrogen-bond donors (Lipinski definition) is 2. The van der Waals surface area contributed by atoms with Gasteiger partial charge in [-0.15, -0.1) is 0 Å². The van der Waals surface area contributed by atoms with Crippen LogP contribution < -0.4 is 11.3 Å². The summed E-state index contributed by atoms with van der Waals surface area (Å²) in [5.41, 5.74) is 3.69. The fraction of sp³-hybridized carbons (Fsp3) is 0.692. The second-order valence-electron chi connectivity index (χ2n) is 5.11. The zero-order valence-electron chi connectivity index (χ0n) is 11.1. The molecular weight excluding hydrogens is 244 g/mol. The molecule has 0 atom stereocenters. The molecule has 1 fully saturated rings. The van der Waals surface area contributed by atoms with Crippen LogP contribution in [0.15, 0.2) is 6.07 Å². The lowest BCUT2D eigenvalue weighted by Gasteiger charge is -2.11. The standard InChI is InChI=1S/C13H22N4S/c1-9(2)11-7-12(17-14)16-13(15-11)8-18-10-5-3-4-6-10/h7,9-10H,3-6,8,14H2,1-2H3,(H,15,16,17). The number of nitrogens with one attached hydrogen (secondary N) is 1. The first-order valence-electron chi connectivity index (χ1n) is 6.65. The number of aromatic nitrogens is 2. The largest absolute Gasteiger partial charge is 0.308 e. The third-order valence-electron chi connectivity index (χ3n) is 3.28. The Morgan fingerprint density at radius 3 is 2.72 bits per heavy atom. The maximum Gasteiger partial charge on any atom is 0.143 e. The summed E-state index contributed by atoms with van der Waals surface area (Å²) in [4.78, 5) is 9.04. The highest BCUT2D eigenvalue weighted by molar-refractivity contribution is 7.99. The molecule has 4 nitrogen and oxygen atoms in total. The van der Waals surface area contributed by atoms with Gasteiger partial charge in [0, 0.05) is 17.0 Å². The van der Waals surface area contributed by atoms with Crippen molar-refractivity contribution in [3.63, 3.8) is 0 Å². The first-order valence-corrected chi connectivity index (χ1v) is 7.70. The van der Waals surface area contributed by atoms with E-state index in [0.717, 1.165) is 28.3 Å². The number of rotatable bonds is 5. The lowest BCUT2D eigenvalue weighted by molar-refractivity contribution is 0.799. The van der Waals surface area contributed by atoms with Crippen LogP contribution in [0.25, 0.3) is 0 Å².